The summed E-state index contributed by atoms with van der Waals surface area (Å²) in [6.45, 7) is 0. The number of benzene rings is 1. The van der Waals surface area contributed by atoms with Crippen LogP contribution in [0, 0.1) is 22.7 Å². The molecule has 0 aliphatic rings. The molecule has 3 rings (SSSR count). The van der Waals surface area contributed by atoms with E-state index < -0.39 is 0 Å². The van der Waals surface area contributed by atoms with Crippen molar-refractivity contribution in [1.29, 1.82) is 10.5 Å². The van der Waals surface area contributed by atoms with Crippen LogP contribution >= 0.6 is 0 Å². The van der Waals surface area contributed by atoms with Crippen molar-refractivity contribution in [3.63, 3.8) is 0 Å². The molecule has 0 fully saturated rings. The molecule has 3 aromatic rings. The van der Waals surface area contributed by atoms with Crippen molar-refractivity contribution in [2.75, 3.05) is 0 Å². The fourth-order valence-electron chi connectivity index (χ4n) is 2.32. The van der Waals surface area contributed by atoms with E-state index >= 15 is 0 Å². The standard InChI is InChI=1S/C18H10N4O2/c19-11-13-9-17(21-5-1-15(23)2-6-21)18(10-14(13)12-20)22-7-3-16(24)4-8-22/h1-10H. The zero-order valence-corrected chi connectivity index (χ0v) is 12.4. The topological polar surface area (TPSA) is 91.6 Å². The Morgan fingerprint density at radius 1 is 0.667 bits per heavy atom. The van der Waals surface area contributed by atoms with E-state index in [1.807, 2.05) is 12.1 Å². The lowest BCUT2D eigenvalue weighted by Crippen LogP contribution is -2.09. The van der Waals surface area contributed by atoms with Gasteiger partial charge >= 0.3 is 0 Å². The maximum absolute atomic E-state index is 11.3. The molecule has 24 heavy (non-hydrogen) atoms. The number of nitriles is 2. The van der Waals surface area contributed by atoms with Gasteiger partial charge in [0.2, 0.25) is 0 Å². The number of hydrogen-bond donors (Lipinski definition) is 0. The second-order valence-electron chi connectivity index (χ2n) is 4.99. The third kappa shape index (κ3) is 2.72. The molecule has 0 spiro atoms. The maximum Gasteiger partial charge on any atom is 0.181 e. The third-order valence-electron chi connectivity index (χ3n) is 3.51. The predicted octanol–water partition coefficient (Wildman–Crippen LogP) is 1.73. The molecule has 0 bridgehead atoms. The normalized spacial score (nSPS) is 9.92. The lowest BCUT2D eigenvalue weighted by atomic mass is 10.1. The van der Waals surface area contributed by atoms with E-state index in [1.54, 1.807) is 46.1 Å². The molecule has 0 atom stereocenters. The monoisotopic (exact) mass is 314 g/mol. The average Bonchev–Trinajstić information content (AvgIpc) is 2.62. The van der Waals surface area contributed by atoms with Crippen molar-refractivity contribution in [3.8, 4) is 23.5 Å². The van der Waals surface area contributed by atoms with Crippen LogP contribution in [0.15, 0.2) is 70.8 Å². The van der Waals surface area contributed by atoms with Crippen molar-refractivity contribution in [2.45, 2.75) is 0 Å². The van der Waals surface area contributed by atoms with E-state index in [2.05, 4.69) is 0 Å². The lowest BCUT2D eigenvalue weighted by Gasteiger charge is -2.15. The van der Waals surface area contributed by atoms with Crippen LogP contribution in [0.5, 0.6) is 0 Å². The maximum atomic E-state index is 11.3. The Bertz CT molecular complexity index is 996. The van der Waals surface area contributed by atoms with Crippen LogP contribution in [-0.4, -0.2) is 9.13 Å². The molecule has 2 heterocycles. The van der Waals surface area contributed by atoms with Gasteiger partial charge in [0.25, 0.3) is 0 Å². The van der Waals surface area contributed by atoms with Gasteiger partial charge in [-0.05, 0) is 12.1 Å². The van der Waals surface area contributed by atoms with Crippen molar-refractivity contribution >= 4 is 0 Å². The highest BCUT2D eigenvalue weighted by molar-refractivity contribution is 5.62. The molecule has 0 aliphatic carbocycles. The predicted molar refractivity (Wildman–Crippen MR) is 87.1 cm³/mol. The van der Waals surface area contributed by atoms with Gasteiger partial charge < -0.3 is 9.13 Å². The van der Waals surface area contributed by atoms with Crippen molar-refractivity contribution < 1.29 is 0 Å². The molecule has 0 aliphatic heterocycles. The fraction of sp³-hybridized carbons (Fsp3) is 0. The highest BCUT2D eigenvalue weighted by Gasteiger charge is 2.12. The summed E-state index contributed by atoms with van der Waals surface area (Å²) in [6.07, 6.45) is 6.32. The van der Waals surface area contributed by atoms with Crippen molar-refractivity contribution in [2.24, 2.45) is 0 Å². The summed E-state index contributed by atoms with van der Waals surface area (Å²) in [5.41, 5.74) is 1.41. The summed E-state index contributed by atoms with van der Waals surface area (Å²) in [4.78, 5) is 22.6. The zero-order chi connectivity index (χ0) is 17.1. The molecular weight excluding hydrogens is 304 g/mol. The summed E-state index contributed by atoms with van der Waals surface area (Å²) in [5, 5.41) is 18.5. The highest BCUT2D eigenvalue weighted by atomic mass is 16.1. The van der Waals surface area contributed by atoms with Crippen molar-refractivity contribution in [3.05, 3.63) is 92.8 Å². The van der Waals surface area contributed by atoms with Gasteiger partial charge in [-0.15, -0.1) is 0 Å². The first kappa shape index (κ1) is 15.0. The summed E-state index contributed by atoms with van der Waals surface area (Å²) in [6, 6.07) is 12.8. The van der Waals surface area contributed by atoms with Crippen LogP contribution in [0.3, 0.4) is 0 Å². The molecule has 1 aromatic carbocycles. The average molecular weight is 314 g/mol. The van der Waals surface area contributed by atoms with Gasteiger partial charge in [0.1, 0.15) is 12.1 Å². The molecule has 0 amide bonds. The van der Waals surface area contributed by atoms with Crippen LogP contribution < -0.4 is 10.9 Å². The second-order valence-corrected chi connectivity index (χ2v) is 4.99. The molecule has 0 saturated heterocycles. The number of nitrogens with zero attached hydrogens (tertiary/aromatic N) is 4. The van der Waals surface area contributed by atoms with Crippen LogP contribution in [0.25, 0.3) is 11.4 Å². The number of pyridine rings is 2. The quantitative estimate of drug-likeness (QED) is 0.720. The van der Waals surface area contributed by atoms with E-state index in [9.17, 15) is 20.1 Å². The Kier molecular flexibility index (Phi) is 3.80. The molecule has 2 aromatic heterocycles. The van der Waals surface area contributed by atoms with E-state index in [0.717, 1.165) is 0 Å². The van der Waals surface area contributed by atoms with Crippen LogP contribution in [0.2, 0.25) is 0 Å². The van der Waals surface area contributed by atoms with Gasteiger partial charge in [-0.25, -0.2) is 0 Å². The Balaban J connectivity index is 2.33. The largest absolute Gasteiger partial charge is 0.322 e. The van der Waals surface area contributed by atoms with Gasteiger partial charge in [-0.2, -0.15) is 10.5 Å². The SMILES string of the molecule is N#Cc1cc(-n2ccc(=O)cc2)c(-n2ccc(=O)cc2)cc1C#N. The van der Waals surface area contributed by atoms with Crippen LogP contribution in [-0.2, 0) is 0 Å². The first-order chi connectivity index (χ1) is 11.6. The minimum absolute atomic E-state index is 0.134. The van der Waals surface area contributed by atoms with E-state index in [4.69, 9.17) is 0 Å². The number of hydrogen-bond acceptors (Lipinski definition) is 4. The van der Waals surface area contributed by atoms with Gasteiger partial charge in [-0.3, -0.25) is 9.59 Å². The highest BCUT2D eigenvalue weighted by Crippen LogP contribution is 2.23. The summed E-state index contributed by atoms with van der Waals surface area (Å²) in [5.74, 6) is 0. The summed E-state index contributed by atoms with van der Waals surface area (Å²) >= 11 is 0. The Labute approximate surface area is 136 Å². The Morgan fingerprint density at radius 2 is 1.00 bits per heavy atom. The molecule has 0 saturated carbocycles. The van der Waals surface area contributed by atoms with Crippen LogP contribution in [0.4, 0.5) is 0 Å². The van der Waals surface area contributed by atoms with E-state index in [-0.39, 0.29) is 22.0 Å². The molecule has 6 heteroatoms. The first-order valence-corrected chi connectivity index (χ1v) is 6.98. The van der Waals surface area contributed by atoms with Gasteiger partial charge in [0.05, 0.1) is 22.5 Å². The van der Waals surface area contributed by atoms with Gasteiger partial charge in [0, 0.05) is 49.1 Å². The van der Waals surface area contributed by atoms with E-state index in [1.165, 1.54) is 24.3 Å². The summed E-state index contributed by atoms with van der Waals surface area (Å²) in [7, 11) is 0. The third-order valence-corrected chi connectivity index (χ3v) is 3.51. The Hall–Kier alpha value is -3.90. The fourth-order valence-corrected chi connectivity index (χ4v) is 2.32. The van der Waals surface area contributed by atoms with Crippen molar-refractivity contribution in [1.82, 2.24) is 9.13 Å². The molecule has 114 valence electrons. The first-order valence-electron chi connectivity index (χ1n) is 6.98. The minimum atomic E-state index is -0.134. The van der Waals surface area contributed by atoms with E-state index in [0.29, 0.717) is 11.4 Å². The Morgan fingerprint density at radius 3 is 1.29 bits per heavy atom. The van der Waals surface area contributed by atoms with Gasteiger partial charge in [0.15, 0.2) is 10.9 Å². The number of aromatic nitrogens is 2. The molecular formula is C18H10N4O2. The smallest absolute Gasteiger partial charge is 0.181 e. The second kappa shape index (κ2) is 6.07. The summed E-state index contributed by atoms with van der Waals surface area (Å²) < 4.78 is 3.35. The minimum Gasteiger partial charge on any atom is -0.322 e. The van der Waals surface area contributed by atoms with Gasteiger partial charge in [-0.1, -0.05) is 0 Å². The molecule has 0 radical (unpaired) electrons. The number of rotatable bonds is 2. The molecule has 6 nitrogen and oxygen atoms in total. The molecule has 0 N–H and O–H groups in total. The zero-order valence-electron chi connectivity index (χ0n) is 12.4. The van der Waals surface area contributed by atoms with Crippen LogP contribution in [0.1, 0.15) is 11.1 Å². The molecule has 0 unspecified atom stereocenters. The lowest BCUT2D eigenvalue weighted by molar-refractivity contribution is 0.967.